The molecule has 0 unspecified atom stereocenters. The molecule has 0 bridgehead atoms. The summed E-state index contributed by atoms with van der Waals surface area (Å²) in [6.45, 7) is 0.281. The van der Waals surface area contributed by atoms with Crippen LogP contribution in [-0.2, 0) is 6.54 Å². The molecule has 0 saturated heterocycles. The Balaban J connectivity index is 2.00. The second kappa shape index (κ2) is 4.59. The number of fused-ring (bicyclic) bond motifs is 1. The van der Waals surface area contributed by atoms with Crippen molar-refractivity contribution in [2.75, 3.05) is 4.90 Å². The minimum absolute atomic E-state index is 0.166. The van der Waals surface area contributed by atoms with Crippen molar-refractivity contribution in [1.29, 1.82) is 0 Å². The number of amides is 1. The van der Waals surface area contributed by atoms with Crippen molar-refractivity contribution in [3.8, 4) is 5.75 Å². The van der Waals surface area contributed by atoms with Gasteiger partial charge >= 0.3 is 6.09 Å². The minimum Gasteiger partial charge on any atom is -0.410 e. The predicted octanol–water partition coefficient (Wildman–Crippen LogP) is 3.63. The van der Waals surface area contributed by atoms with E-state index in [1.54, 1.807) is 12.1 Å². The second-order valence-corrected chi connectivity index (χ2v) is 4.68. The zero-order valence-electron chi connectivity index (χ0n) is 9.84. The smallest absolute Gasteiger partial charge is 0.410 e. The number of halogens is 1. The van der Waals surface area contributed by atoms with Crippen LogP contribution in [0.5, 0.6) is 5.75 Å². The van der Waals surface area contributed by atoms with Crippen molar-refractivity contribution in [2.24, 2.45) is 0 Å². The van der Waals surface area contributed by atoms with E-state index in [4.69, 9.17) is 4.74 Å². The van der Waals surface area contributed by atoms with E-state index in [2.05, 4.69) is 12.6 Å². The molecule has 5 heteroatoms. The summed E-state index contributed by atoms with van der Waals surface area (Å²) >= 11 is 3.97. The molecule has 0 fully saturated rings. The molecule has 3 rings (SSSR count). The number of hydrogen-bond donors (Lipinski definition) is 1. The van der Waals surface area contributed by atoms with Crippen LogP contribution in [0, 0.1) is 5.82 Å². The van der Waals surface area contributed by atoms with Crippen molar-refractivity contribution in [2.45, 2.75) is 11.4 Å². The standard InChI is InChI=1S/C14H10FNO2S/c15-11-6-9-8-16(10-4-2-1-3-5-10)14(17)18-12(9)7-13(11)19/h1-7,19H,8H2. The highest BCUT2D eigenvalue weighted by molar-refractivity contribution is 7.80. The normalized spacial score (nSPS) is 14.0. The molecule has 0 N–H and O–H groups in total. The lowest BCUT2D eigenvalue weighted by Gasteiger charge is -2.28. The average Bonchev–Trinajstić information content (AvgIpc) is 2.41. The van der Waals surface area contributed by atoms with Crippen LogP contribution in [-0.4, -0.2) is 6.09 Å². The first-order valence-electron chi connectivity index (χ1n) is 5.71. The molecule has 0 aromatic heterocycles. The molecular weight excluding hydrogens is 265 g/mol. The number of thiol groups is 1. The van der Waals surface area contributed by atoms with E-state index in [9.17, 15) is 9.18 Å². The minimum atomic E-state index is -0.474. The number of anilines is 1. The number of nitrogens with zero attached hydrogens (tertiary/aromatic N) is 1. The van der Waals surface area contributed by atoms with Crippen molar-refractivity contribution in [3.63, 3.8) is 0 Å². The molecule has 2 aromatic carbocycles. The highest BCUT2D eigenvalue weighted by atomic mass is 32.1. The summed E-state index contributed by atoms with van der Waals surface area (Å²) < 4.78 is 18.7. The first-order chi connectivity index (χ1) is 9.15. The summed E-state index contributed by atoms with van der Waals surface area (Å²) in [4.78, 5) is 13.6. The molecule has 0 radical (unpaired) electrons. The highest BCUT2D eigenvalue weighted by Crippen LogP contribution is 2.32. The zero-order chi connectivity index (χ0) is 13.4. The quantitative estimate of drug-likeness (QED) is 0.805. The number of carbonyl (C=O) groups is 1. The van der Waals surface area contributed by atoms with Gasteiger partial charge in [-0.25, -0.2) is 9.18 Å². The molecule has 0 spiro atoms. The van der Waals surface area contributed by atoms with Crippen LogP contribution in [0.3, 0.4) is 0 Å². The third kappa shape index (κ3) is 2.17. The van der Waals surface area contributed by atoms with Gasteiger partial charge in [0.25, 0.3) is 0 Å². The molecule has 0 saturated carbocycles. The fraction of sp³-hybridized carbons (Fsp3) is 0.0714. The second-order valence-electron chi connectivity index (χ2n) is 4.20. The third-order valence-corrected chi connectivity index (χ3v) is 3.29. The van der Waals surface area contributed by atoms with E-state index in [-0.39, 0.29) is 11.4 Å². The molecule has 96 valence electrons. The number of ether oxygens (including phenoxy) is 1. The molecule has 1 heterocycles. The Morgan fingerprint density at radius 3 is 2.68 bits per heavy atom. The summed E-state index contributed by atoms with van der Waals surface area (Å²) in [6.07, 6.45) is -0.474. The Kier molecular flexibility index (Phi) is 2.91. The van der Waals surface area contributed by atoms with Crippen LogP contribution in [0.2, 0.25) is 0 Å². The molecule has 1 aliphatic rings. The van der Waals surface area contributed by atoms with Gasteiger partial charge in [-0.3, -0.25) is 4.90 Å². The van der Waals surface area contributed by atoms with Gasteiger partial charge in [0.15, 0.2) is 0 Å². The van der Waals surface area contributed by atoms with Crippen molar-refractivity contribution < 1.29 is 13.9 Å². The number of para-hydroxylation sites is 1. The topological polar surface area (TPSA) is 29.5 Å². The monoisotopic (exact) mass is 275 g/mol. The zero-order valence-corrected chi connectivity index (χ0v) is 10.7. The van der Waals surface area contributed by atoms with Gasteiger partial charge in [0.05, 0.1) is 6.54 Å². The lowest BCUT2D eigenvalue weighted by molar-refractivity contribution is 0.202. The number of carbonyl (C=O) groups excluding carboxylic acids is 1. The van der Waals surface area contributed by atoms with Crippen molar-refractivity contribution >= 4 is 24.4 Å². The summed E-state index contributed by atoms with van der Waals surface area (Å²) in [5, 5.41) is 0. The van der Waals surface area contributed by atoms with Crippen molar-refractivity contribution in [1.82, 2.24) is 0 Å². The summed E-state index contributed by atoms with van der Waals surface area (Å²) in [5.74, 6) is -0.0587. The van der Waals surface area contributed by atoms with E-state index in [1.807, 2.05) is 18.2 Å². The van der Waals surface area contributed by atoms with Crippen LogP contribution >= 0.6 is 12.6 Å². The van der Waals surface area contributed by atoms with Crippen molar-refractivity contribution in [3.05, 3.63) is 53.8 Å². The van der Waals surface area contributed by atoms with Crippen LogP contribution in [0.15, 0.2) is 47.4 Å². The Labute approximate surface area is 115 Å². The summed E-state index contributed by atoms with van der Waals surface area (Å²) in [6, 6.07) is 11.9. The number of benzene rings is 2. The van der Waals surface area contributed by atoms with E-state index in [0.29, 0.717) is 17.0 Å². The number of hydrogen-bond acceptors (Lipinski definition) is 3. The SMILES string of the molecule is O=C1Oc2cc(S)c(F)cc2CN1c1ccccc1. The Hall–Kier alpha value is -2.01. The molecule has 1 aliphatic heterocycles. The van der Waals surface area contributed by atoms with Crippen LogP contribution in [0.25, 0.3) is 0 Å². The number of rotatable bonds is 1. The first-order valence-corrected chi connectivity index (χ1v) is 6.15. The summed E-state index contributed by atoms with van der Waals surface area (Å²) in [5.41, 5.74) is 1.34. The van der Waals surface area contributed by atoms with Gasteiger partial charge in [-0.05, 0) is 24.3 Å². The van der Waals surface area contributed by atoms with Gasteiger partial charge < -0.3 is 4.74 Å². The highest BCUT2D eigenvalue weighted by Gasteiger charge is 2.27. The van der Waals surface area contributed by atoms with Gasteiger partial charge in [-0.2, -0.15) is 0 Å². The Morgan fingerprint density at radius 1 is 1.21 bits per heavy atom. The third-order valence-electron chi connectivity index (χ3n) is 2.94. The van der Waals surface area contributed by atoms with Crippen LogP contribution < -0.4 is 9.64 Å². The van der Waals surface area contributed by atoms with E-state index in [0.717, 1.165) is 0 Å². The molecule has 19 heavy (non-hydrogen) atoms. The first kappa shape index (κ1) is 12.0. The molecule has 2 aromatic rings. The molecule has 3 nitrogen and oxygen atoms in total. The molecule has 1 amide bonds. The average molecular weight is 275 g/mol. The lowest BCUT2D eigenvalue weighted by atomic mass is 10.1. The largest absolute Gasteiger partial charge is 0.420 e. The maximum atomic E-state index is 13.5. The fourth-order valence-electron chi connectivity index (χ4n) is 1.99. The lowest BCUT2D eigenvalue weighted by Crippen LogP contribution is -2.37. The van der Waals surface area contributed by atoms with Crippen LogP contribution in [0.1, 0.15) is 5.56 Å². The fourth-order valence-corrected chi connectivity index (χ4v) is 2.17. The van der Waals surface area contributed by atoms with Gasteiger partial charge in [0.2, 0.25) is 0 Å². The Morgan fingerprint density at radius 2 is 1.95 bits per heavy atom. The van der Waals surface area contributed by atoms with E-state index >= 15 is 0 Å². The van der Waals surface area contributed by atoms with Gasteiger partial charge in [0.1, 0.15) is 11.6 Å². The molecule has 0 atom stereocenters. The Bertz CT molecular complexity index is 645. The molecule has 0 aliphatic carbocycles. The maximum Gasteiger partial charge on any atom is 0.420 e. The predicted molar refractivity (Wildman–Crippen MR) is 72.3 cm³/mol. The molecular formula is C14H10FNO2S. The maximum absolute atomic E-state index is 13.5. The summed E-state index contributed by atoms with van der Waals surface area (Å²) in [7, 11) is 0. The van der Waals surface area contributed by atoms with E-state index in [1.165, 1.54) is 17.0 Å². The van der Waals surface area contributed by atoms with Gasteiger partial charge in [-0.15, -0.1) is 12.6 Å². The van der Waals surface area contributed by atoms with Gasteiger partial charge in [-0.1, -0.05) is 18.2 Å². The van der Waals surface area contributed by atoms with E-state index < -0.39 is 11.9 Å². The van der Waals surface area contributed by atoms with Gasteiger partial charge in [0, 0.05) is 16.1 Å². The van der Waals surface area contributed by atoms with Crippen LogP contribution in [0.4, 0.5) is 14.9 Å².